The van der Waals surface area contributed by atoms with E-state index in [2.05, 4.69) is 5.32 Å². The number of nitrogens with one attached hydrogen (secondary N) is 1. The van der Waals surface area contributed by atoms with Crippen LogP contribution in [0.1, 0.15) is 6.92 Å². The fourth-order valence-corrected chi connectivity index (χ4v) is 3.51. The lowest BCUT2D eigenvalue weighted by molar-refractivity contribution is -0.383. The van der Waals surface area contributed by atoms with E-state index in [1.54, 1.807) is 24.1 Å². The van der Waals surface area contributed by atoms with Gasteiger partial charge in [-0.1, -0.05) is 0 Å². The minimum atomic E-state index is -0.572. The van der Waals surface area contributed by atoms with E-state index in [1.165, 1.54) is 36.9 Å². The van der Waals surface area contributed by atoms with Crippen molar-refractivity contribution in [3.05, 3.63) is 46.5 Å². The topological polar surface area (TPSA) is 102 Å². The van der Waals surface area contributed by atoms with Crippen LogP contribution in [0.25, 0.3) is 0 Å². The molecule has 9 heteroatoms. The molecule has 0 fully saturated rings. The van der Waals surface area contributed by atoms with Gasteiger partial charge in [0.2, 0.25) is 11.8 Å². The first-order chi connectivity index (χ1) is 12.3. The third-order valence-electron chi connectivity index (χ3n) is 3.73. The molecule has 1 N–H and O–H groups in total. The molecule has 0 atom stereocenters. The van der Waals surface area contributed by atoms with Crippen LogP contribution in [-0.4, -0.2) is 29.5 Å². The lowest BCUT2D eigenvalue weighted by Gasteiger charge is -2.25. The second-order valence-electron chi connectivity index (χ2n) is 5.59. The van der Waals surface area contributed by atoms with Crippen LogP contribution < -0.4 is 15.0 Å². The molecule has 0 aromatic heterocycles. The number of carbonyl (C=O) groups excluding carboxylic acids is 2. The Morgan fingerprint density at radius 3 is 2.65 bits per heavy atom. The maximum atomic E-state index is 11.7. The van der Waals surface area contributed by atoms with Crippen molar-refractivity contribution in [1.29, 1.82) is 0 Å². The van der Waals surface area contributed by atoms with Gasteiger partial charge in [-0.15, -0.1) is 11.8 Å². The van der Waals surface area contributed by atoms with Crippen LogP contribution in [0, 0.1) is 10.1 Å². The first-order valence-electron chi connectivity index (χ1n) is 7.62. The summed E-state index contributed by atoms with van der Waals surface area (Å²) < 4.78 is 5.77. The number of thioether (sulfide) groups is 1. The van der Waals surface area contributed by atoms with Gasteiger partial charge in [-0.2, -0.15) is 0 Å². The molecule has 1 aliphatic rings. The quantitative estimate of drug-likeness (QED) is 0.651. The van der Waals surface area contributed by atoms with Crippen molar-refractivity contribution in [2.75, 3.05) is 23.0 Å². The van der Waals surface area contributed by atoms with Crippen LogP contribution in [0.5, 0.6) is 11.5 Å². The Morgan fingerprint density at radius 2 is 1.96 bits per heavy atom. The van der Waals surface area contributed by atoms with Crippen LogP contribution in [0.15, 0.2) is 41.3 Å². The van der Waals surface area contributed by atoms with Crippen molar-refractivity contribution in [2.24, 2.45) is 0 Å². The number of hydrogen-bond donors (Lipinski definition) is 1. The molecule has 0 unspecified atom stereocenters. The molecule has 2 aromatic rings. The number of carbonyl (C=O) groups is 2. The van der Waals surface area contributed by atoms with Gasteiger partial charge in [0.05, 0.1) is 16.4 Å². The van der Waals surface area contributed by atoms with Crippen molar-refractivity contribution in [3.63, 3.8) is 0 Å². The van der Waals surface area contributed by atoms with E-state index >= 15 is 0 Å². The van der Waals surface area contributed by atoms with Crippen molar-refractivity contribution in [2.45, 2.75) is 11.8 Å². The Bertz CT molecular complexity index is 915. The van der Waals surface area contributed by atoms with Crippen LogP contribution in [0.2, 0.25) is 0 Å². The van der Waals surface area contributed by atoms with Gasteiger partial charge in [0, 0.05) is 31.0 Å². The maximum absolute atomic E-state index is 11.7. The molecule has 2 aromatic carbocycles. The van der Waals surface area contributed by atoms with Gasteiger partial charge in [0.25, 0.3) is 5.69 Å². The van der Waals surface area contributed by atoms with E-state index < -0.39 is 10.8 Å². The summed E-state index contributed by atoms with van der Waals surface area (Å²) in [6, 6.07) is 9.46. The Balaban J connectivity index is 1.88. The fourth-order valence-electron chi connectivity index (χ4n) is 2.49. The van der Waals surface area contributed by atoms with Gasteiger partial charge >= 0.3 is 0 Å². The highest BCUT2D eigenvalue weighted by molar-refractivity contribution is 8.00. The molecular weight excluding hydrogens is 358 g/mol. The number of benzene rings is 2. The van der Waals surface area contributed by atoms with Gasteiger partial charge < -0.3 is 15.0 Å². The Hall–Kier alpha value is -3.07. The zero-order chi connectivity index (χ0) is 18.8. The summed E-state index contributed by atoms with van der Waals surface area (Å²) in [5, 5.41) is 13.5. The number of nitro benzene ring substituents is 1. The van der Waals surface area contributed by atoms with Crippen molar-refractivity contribution in [1.82, 2.24) is 0 Å². The van der Waals surface area contributed by atoms with Gasteiger partial charge in [-0.3, -0.25) is 19.7 Å². The standard InChI is InChI=1S/C17H15N3O5S/c1-10(21)18-13-7-11(3-5-14(13)20(23)24)25-12-4-6-15-16(8-12)26-9-17(22)19(15)2/h3-8H,9H2,1-2H3,(H,18,21). The molecule has 2 amide bonds. The highest BCUT2D eigenvalue weighted by Gasteiger charge is 2.22. The summed E-state index contributed by atoms with van der Waals surface area (Å²) in [7, 11) is 1.72. The van der Waals surface area contributed by atoms with Crippen LogP contribution in [-0.2, 0) is 9.59 Å². The molecule has 134 valence electrons. The SMILES string of the molecule is CC(=O)Nc1cc(Oc2ccc3c(c2)SCC(=O)N3C)ccc1[N+](=O)[O-]. The number of hydrogen-bond acceptors (Lipinski definition) is 6. The van der Waals surface area contributed by atoms with Crippen molar-refractivity contribution < 1.29 is 19.2 Å². The third-order valence-corrected chi connectivity index (χ3v) is 4.76. The van der Waals surface area contributed by atoms with E-state index in [0.717, 1.165) is 10.6 Å². The lowest BCUT2D eigenvalue weighted by atomic mass is 10.2. The number of nitrogens with zero attached hydrogens (tertiary/aromatic N) is 2. The van der Waals surface area contributed by atoms with Crippen molar-refractivity contribution >= 4 is 40.6 Å². The number of rotatable bonds is 4. The Morgan fingerprint density at radius 1 is 1.27 bits per heavy atom. The Kier molecular flexibility index (Phi) is 4.81. The molecule has 1 heterocycles. The highest BCUT2D eigenvalue weighted by atomic mass is 32.2. The number of ether oxygens (including phenoxy) is 1. The second-order valence-corrected chi connectivity index (χ2v) is 6.61. The molecule has 8 nitrogen and oxygen atoms in total. The molecule has 3 rings (SSSR count). The van der Waals surface area contributed by atoms with E-state index in [-0.39, 0.29) is 17.3 Å². The molecule has 0 saturated carbocycles. The predicted octanol–water partition coefficient (Wildman–Crippen LogP) is 3.41. The minimum absolute atomic E-state index is 0.0338. The zero-order valence-electron chi connectivity index (χ0n) is 14.0. The van der Waals surface area contributed by atoms with Crippen molar-refractivity contribution in [3.8, 4) is 11.5 Å². The number of fused-ring (bicyclic) bond motifs is 1. The number of amides is 2. The van der Waals surface area contributed by atoms with Crippen LogP contribution in [0.3, 0.4) is 0 Å². The van der Waals surface area contributed by atoms with Crippen LogP contribution in [0.4, 0.5) is 17.1 Å². The fraction of sp³-hybridized carbons (Fsp3) is 0.176. The summed E-state index contributed by atoms with van der Waals surface area (Å²) >= 11 is 1.43. The average molecular weight is 373 g/mol. The average Bonchev–Trinajstić information content (AvgIpc) is 2.58. The van der Waals surface area contributed by atoms with Gasteiger partial charge in [-0.05, 0) is 24.3 Å². The molecule has 0 spiro atoms. The van der Waals surface area contributed by atoms with E-state index in [9.17, 15) is 19.7 Å². The molecule has 0 radical (unpaired) electrons. The van der Waals surface area contributed by atoms with E-state index in [0.29, 0.717) is 17.3 Å². The first kappa shape index (κ1) is 17.7. The summed E-state index contributed by atoms with van der Waals surface area (Å²) in [5.74, 6) is 0.859. The van der Waals surface area contributed by atoms with E-state index in [4.69, 9.17) is 4.74 Å². The molecular formula is C17H15N3O5S. The first-order valence-corrected chi connectivity index (χ1v) is 8.61. The molecule has 1 aliphatic heterocycles. The van der Waals surface area contributed by atoms with Gasteiger partial charge in [-0.25, -0.2) is 0 Å². The maximum Gasteiger partial charge on any atom is 0.293 e. The Labute approximate surface area is 153 Å². The molecule has 26 heavy (non-hydrogen) atoms. The smallest absolute Gasteiger partial charge is 0.293 e. The van der Waals surface area contributed by atoms with Gasteiger partial charge in [0.1, 0.15) is 17.2 Å². The summed E-state index contributed by atoms with van der Waals surface area (Å²) in [6.45, 7) is 1.27. The normalized spacial score (nSPS) is 13.2. The molecule has 0 aliphatic carbocycles. The second kappa shape index (κ2) is 7.04. The van der Waals surface area contributed by atoms with Crippen LogP contribution >= 0.6 is 11.8 Å². The summed E-state index contributed by atoms with van der Waals surface area (Å²) in [5.41, 5.74) is 0.660. The van der Waals surface area contributed by atoms with E-state index in [1.807, 2.05) is 6.07 Å². The minimum Gasteiger partial charge on any atom is -0.457 e. The largest absolute Gasteiger partial charge is 0.457 e. The number of anilines is 2. The van der Waals surface area contributed by atoms with Gasteiger partial charge in [0.15, 0.2) is 0 Å². The highest BCUT2D eigenvalue weighted by Crippen LogP contribution is 2.38. The molecule has 0 saturated heterocycles. The predicted molar refractivity (Wildman–Crippen MR) is 98.1 cm³/mol. The molecule has 0 bridgehead atoms. The lowest BCUT2D eigenvalue weighted by Crippen LogP contribution is -2.31. The summed E-state index contributed by atoms with van der Waals surface area (Å²) in [6.07, 6.45) is 0. The summed E-state index contributed by atoms with van der Waals surface area (Å²) in [4.78, 5) is 36.0. The third kappa shape index (κ3) is 3.62. The monoisotopic (exact) mass is 373 g/mol. The zero-order valence-corrected chi connectivity index (χ0v) is 14.8. The number of nitro groups is 1.